The molecule has 4 nitrogen and oxygen atoms in total. The molecule has 0 aromatic heterocycles. The van der Waals surface area contributed by atoms with Crippen LogP contribution in [-0.2, 0) is 16.1 Å². The van der Waals surface area contributed by atoms with Gasteiger partial charge in [0, 0.05) is 0 Å². The maximum Gasteiger partial charge on any atom is 0.339 e. The fourth-order valence-electron chi connectivity index (χ4n) is 2.13. The molecule has 0 atom stereocenters. The Morgan fingerprint density at radius 2 is 1.59 bits per heavy atom. The predicted molar refractivity (Wildman–Crippen MR) is 82.8 cm³/mol. The molecule has 0 amide bonds. The number of hydrogen-bond acceptors (Lipinski definition) is 4. The van der Waals surface area contributed by atoms with E-state index in [0.29, 0.717) is 0 Å². The molecular weight excluding hydrogens is 280 g/mol. The summed E-state index contributed by atoms with van der Waals surface area (Å²) in [6.45, 7) is 4.12. The van der Waals surface area contributed by atoms with Gasteiger partial charge in [0.25, 0.3) is 0 Å². The van der Waals surface area contributed by atoms with Crippen LogP contribution in [0.15, 0.2) is 42.5 Å². The molecule has 0 saturated carbocycles. The van der Waals surface area contributed by atoms with Crippen LogP contribution in [0.5, 0.6) is 0 Å². The maximum atomic E-state index is 12.2. The number of benzene rings is 2. The Hall–Kier alpha value is -2.62. The highest BCUT2D eigenvalue weighted by molar-refractivity contribution is 6.03. The second-order valence-corrected chi connectivity index (χ2v) is 5.04. The Morgan fingerprint density at radius 1 is 0.955 bits per heavy atom. The molecule has 0 aliphatic rings. The summed E-state index contributed by atoms with van der Waals surface area (Å²) in [5, 5.41) is 0. The van der Waals surface area contributed by atoms with E-state index in [1.807, 2.05) is 32.0 Å². The van der Waals surface area contributed by atoms with Crippen molar-refractivity contribution < 1.29 is 19.1 Å². The van der Waals surface area contributed by atoms with Crippen molar-refractivity contribution in [1.82, 2.24) is 0 Å². The van der Waals surface area contributed by atoms with Gasteiger partial charge in [0.2, 0.25) is 0 Å². The van der Waals surface area contributed by atoms with Gasteiger partial charge in [-0.15, -0.1) is 0 Å². The zero-order chi connectivity index (χ0) is 16.1. The zero-order valence-corrected chi connectivity index (χ0v) is 12.9. The van der Waals surface area contributed by atoms with E-state index in [-0.39, 0.29) is 17.7 Å². The molecule has 0 aliphatic heterocycles. The predicted octanol–water partition coefficient (Wildman–Crippen LogP) is 3.45. The summed E-state index contributed by atoms with van der Waals surface area (Å²) < 4.78 is 10.0. The third-order valence-electron chi connectivity index (χ3n) is 3.42. The summed E-state index contributed by atoms with van der Waals surface area (Å²) in [7, 11) is 1.28. The Kier molecular flexibility index (Phi) is 4.94. The fraction of sp³-hybridized carbons (Fsp3) is 0.222. The van der Waals surface area contributed by atoms with Gasteiger partial charge in [-0.2, -0.15) is 0 Å². The molecule has 0 aliphatic carbocycles. The van der Waals surface area contributed by atoms with Gasteiger partial charge >= 0.3 is 11.9 Å². The number of carbonyl (C=O) groups is 2. The first-order chi connectivity index (χ1) is 10.5. The van der Waals surface area contributed by atoms with Crippen LogP contribution in [0.2, 0.25) is 0 Å². The quantitative estimate of drug-likeness (QED) is 0.811. The minimum Gasteiger partial charge on any atom is -0.465 e. The third-order valence-corrected chi connectivity index (χ3v) is 3.42. The van der Waals surface area contributed by atoms with Crippen molar-refractivity contribution in [2.24, 2.45) is 0 Å². The average Bonchev–Trinajstić information content (AvgIpc) is 2.54. The summed E-state index contributed by atoms with van der Waals surface area (Å²) in [6, 6.07) is 12.4. The van der Waals surface area contributed by atoms with Crippen LogP contribution in [0.25, 0.3) is 0 Å². The Bertz CT molecular complexity index is 704. The molecule has 2 aromatic rings. The standard InChI is InChI=1S/C18H18O4/c1-12-8-9-13(2)14(10-12)11-22-18(20)16-7-5-4-6-15(16)17(19)21-3/h4-10H,11H2,1-3H3. The van der Waals surface area contributed by atoms with Crippen LogP contribution < -0.4 is 0 Å². The van der Waals surface area contributed by atoms with Crippen molar-refractivity contribution in [1.29, 1.82) is 0 Å². The summed E-state index contributed by atoms with van der Waals surface area (Å²) in [4.78, 5) is 23.9. The first kappa shape index (κ1) is 15.8. The fourth-order valence-corrected chi connectivity index (χ4v) is 2.13. The largest absolute Gasteiger partial charge is 0.465 e. The van der Waals surface area contributed by atoms with Crippen molar-refractivity contribution in [3.8, 4) is 0 Å². The van der Waals surface area contributed by atoms with Gasteiger partial charge in [-0.05, 0) is 37.1 Å². The number of ether oxygens (including phenoxy) is 2. The molecule has 2 aromatic carbocycles. The monoisotopic (exact) mass is 298 g/mol. The van der Waals surface area contributed by atoms with Gasteiger partial charge in [-0.25, -0.2) is 9.59 Å². The van der Waals surface area contributed by atoms with Gasteiger partial charge in [-0.1, -0.05) is 35.9 Å². The highest BCUT2D eigenvalue weighted by atomic mass is 16.5. The first-order valence-corrected chi connectivity index (χ1v) is 6.93. The Morgan fingerprint density at radius 3 is 2.23 bits per heavy atom. The Balaban J connectivity index is 2.16. The normalized spacial score (nSPS) is 10.1. The number of esters is 2. The molecule has 0 N–H and O–H groups in total. The van der Waals surface area contributed by atoms with Crippen molar-refractivity contribution in [2.75, 3.05) is 7.11 Å². The van der Waals surface area contributed by atoms with E-state index in [9.17, 15) is 9.59 Å². The van der Waals surface area contributed by atoms with E-state index in [4.69, 9.17) is 4.74 Å². The van der Waals surface area contributed by atoms with Gasteiger partial charge in [0.1, 0.15) is 6.61 Å². The topological polar surface area (TPSA) is 52.6 Å². The second kappa shape index (κ2) is 6.89. The van der Waals surface area contributed by atoms with E-state index in [0.717, 1.165) is 16.7 Å². The number of rotatable bonds is 4. The first-order valence-electron chi connectivity index (χ1n) is 6.93. The van der Waals surface area contributed by atoms with E-state index < -0.39 is 11.9 Å². The minimum absolute atomic E-state index is 0.169. The van der Waals surface area contributed by atoms with Gasteiger partial charge in [-0.3, -0.25) is 0 Å². The molecule has 0 radical (unpaired) electrons. The molecule has 22 heavy (non-hydrogen) atoms. The number of carbonyl (C=O) groups excluding carboxylic acids is 2. The third kappa shape index (κ3) is 3.52. The summed E-state index contributed by atoms with van der Waals surface area (Å²) >= 11 is 0. The van der Waals surface area contributed by atoms with Crippen molar-refractivity contribution in [3.63, 3.8) is 0 Å². The SMILES string of the molecule is COC(=O)c1ccccc1C(=O)OCc1cc(C)ccc1C. The Labute approximate surface area is 129 Å². The van der Waals surface area contributed by atoms with Gasteiger partial charge < -0.3 is 9.47 Å². The van der Waals surface area contributed by atoms with Crippen molar-refractivity contribution in [3.05, 3.63) is 70.3 Å². The smallest absolute Gasteiger partial charge is 0.339 e. The molecular formula is C18H18O4. The molecule has 0 saturated heterocycles. The molecule has 0 spiro atoms. The van der Waals surface area contributed by atoms with Crippen molar-refractivity contribution >= 4 is 11.9 Å². The van der Waals surface area contributed by atoms with E-state index >= 15 is 0 Å². The van der Waals surface area contributed by atoms with Gasteiger partial charge in [0.05, 0.1) is 18.2 Å². The van der Waals surface area contributed by atoms with Crippen molar-refractivity contribution in [2.45, 2.75) is 20.5 Å². The van der Waals surface area contributed by atoms with Crippen LogP contribution >= 0.6 is 0 Å². The van der Waals surface area contributed by atoms with Crippen LogP contribution in [-0.4, -0.2) is 19.0 Å². The highest BCUT2D eigenvalue weighted by Gasteiger charge is 2.18. The molecule has 0 bridgehead atoms. The van der Waals surface area contributed by atoms with E-state index in [1.54, 1.807) is 24.3 Å². The lowest BCUT2D eigenvalue weighted by Gasteiger charge is -2.10. The van der Waals surface area contributed by atoms with E-state index in [2.05, 4.69) is 4.74 Å². The molecule has 114 valence electrons. The summed E-state index contributed by atoms with van der Waals surface area (Å²) in [5.41, 5.74) is 3.52. The average molecular weight is 298 g/mol. The summed E-state index contributed by atoms with van der Waals surface area (Å²) in [6.07, 6.45) is 0. The lowest BCUT2D eigenvalue weighted by Crippen LogP contribution is -2.13. The van der Waals surface area contributed by atoms with Gasteiger partial charge in [0.15, 0.2) is 0 Å². The second-order valence-electron chi connectivity index (χ2n) is 5.04. The number of aryl methyl sites for hydroxylation is 2. The number of hydrogen-bond donors (Lipinski definition) is 0. The number of methoxy groups -OCH3 is 1. The van der Waals surface area contributed by atoms with Crippen LogP contribution in [0.4, 0.5) is 0 Å². The van der Waals surface area contributed by atoms with Crippen LogP contribution in [0.3, 0.4) is 0 Å². The molecule has 0 unspecified atom stereocenters. The maximum absolute atomic E-state index is 12.2. The minimum atomic E-state index is -0.556. The molecule has 0 heterocycles. The zero-order valence-electron chi connectivity index (χ0n) is 12.9. The van der Waals surface area contributed by atoms with Crippen LogP contribution in [0, 0.1) is 13.8 Å². The van der Waals surface area contributed by atoms with E-state index in [1.165, 1.54) is 7.11 Å². The molecule has 4 heteroatoms. The lowest BCUT2D eigenvalue weighted by atomic mass is 10.1. The molecule has 2 rings (SSSR count). The lowest BCUT2D eigenvalue weighted by molar-refractivity contribution is 0.0457. The van der Waals surface area contributed by atoms with Crippen LogP contribution in [0.1, 0.15) is 37.4 Å². The highest BCUT2D eigenvalue weighted by Crippen LogP contribution is 2.15. The molecule has 0 fully saturated rings. The summed E-state index contributed by atoms with van der Waals surface area (Å²) in [5.74, 6) is -1.10.